The van der Waals surface area contributed by atoms with Gasteiger partial charge in [0.1, 0.15) is 0 Å². The molecule has 2 bridgehead atoms. The third-order valence-electron chi connectivity index (χ3n) is 9.72. The van der Waals surface area contributed by atoms with E-state index in [2.05, 4.69) is 126 Å². The average molecular weight is 576 g/mol. The van der Waals surface area contributed by atoms with Crippen molar-refractivity contribution < 1.29 is 10.2 Å². The molecule has 0 saturated carbocycles. The van der Waals surface area contributed by atoms with Gasteiger partial charge in [-0.15, -0.1) is 0 Å². The Morgan fingerprint density at radius 2 is 0.956 bits per heavy atom. The predicted octanol–water partition coefficient (Wildman–Crippen LogP) is 11.0. The first-order valence-corrected chi connectivity index (χ1v) is 15.2. The predicted molar refractivity (Wildman–Crippen MR) is 187 cm³/mol. The van der Waals surface area contributed by atoms with Crippen molar-refractivity contribution in [2.45, 2.75) is 0 Å². The molecule has 0 saturated heterocycles. The van der Waals surface area contributed by atoms with Crippen molar-refractivity contribution >= 4 is 64.9 Å². The van der Waals surface area contributed by atoms with Gasteiger partial charge in [-0.1, -0.05) is 103 Å². The van der Waals surface area contributed by atoms with Crippen LogP contribution >= 0.6 is 0 Å². The molecule has 0 unspecified atom stereocenters. The molecule has 0 amide bonds. The topological polar surface area (TPSA) is 45.4 Å². The molecule has 0 atom stereocenters. The number of fused-ring (bicyclic) bond motifs is 6. The van der Waals surface area contributed by atoms with E-state index in [1.807, 2.05) is 18.2 Å². The highest BCUT2D eigenvalue weighted by atomic mass is 16.3. The molecule has 10 aromatic carbocycles. The normalized spacial score (nSPS) is 12.2. The van der Waals surface area contributed by atoms with Crippen molar-refractivity contribution in [2.75, 3.05) is 0 Å². The Labute approximate surface area is 258 Å². The quantitative estimate of drug-likeness (QED) is 0.163. The van der Waals surface area contributed by atoms with Crippen LogP contribution in [-0.4, -0.2) is 14.8 Å². The molecule has 3 nitrogen and oxygen atoms in total. The van der Waals surface area contributed by atoms with Crippen LogP contribution in [0.2, 0.25) is 0 Å². The Balaban J connectivity index is 1.22. The summed E-state index contributed by atoms with van der Waals surface area (Å²) in [5, 5.41) is 32.0. The standard InChI is InChI=1S/C42H25NO2/c44-41-27-16-21-35(42(41)45)36(23-27)30-18-13-25-14-19-33-29(17-12-24-15-20-34(30)40(25)39(24)33)26-6-5-7-28(22-26)43-37-10-3-1-8-31(37)32-9-2-4-11-38(32)43/h1-23,44-45H. The Hall–Kier alpha value is -6.06. The van der Waals surface area contributed by atoms with Crippen LogP contribution in [0.15, 0.2) is 140 Å². The summed E-state index contributed by atoms with van der Waals surface area (Å²) in [5.41, 5.74) is 7.87. The fourth-order valence-corrected chi connectivity index (χ4v) is 7.69. The van der Waals surface area contributed by atoms with Crippen molar-refractivity contribution in [3.63, 3.8) is 0 Å². The largest absolute Gasteiger partial charge is 0.504 e. The first-order valence-electron chi connectivity index (χ1n) is 15.2. The first kappa shape index (κ1) is 24.4. The first-order chi connectivity index (χ1) is 22.2. The molecule has 1 aromatic heterocycles. The number of hydrogen-bond acceptors (Lipinski definition) is 2. The van der Waals surface area contributed by atoms with Gasteiger partial charge < -0.3 is 14.8 Å². The lowest BCUT2D eigenvalue weighted by atomic mass is 9.86. The van der Waals surface area contributed by atoms with Gasteiger partial charge in [0.15, 0.2) is 11.5 Å². The fraction of sp³-hybridized carbons (Fsp3) is 0. The molecule has 0 radical (unpaired) electrons. The van der Waals surface area contributed by atoms with E-state index in [0.29, 0.717) is 10.8 Å². The van der Waals surface area contributed by atoms with Crippen LogP contribution in [0, 0.1) is 0 Å². The number of aromatic hydroxyl groups is 2. The van der Waals surface area contributed by atoms with Gasteiger partial charge in [-0.05, 0) is 91.0 Å². The third-order valence-corrected chi connectivity index (χ3v) is 9.72. The zero-order valence-electron chi connectivity index (χ0n) is 24.1. The minimum Gasteiger partial charge on any atom is -0.504 e. The second kappa shape index (κ2) is 8.75. The van der Waals surface area contributed by atoms with Crippen molar-refractivity contribution in [3.05, 3.63) is 140 Å². The van der Waals surface area contributed by atoms with E-state index in [1.54, 1.807) is 0 Å². The van der Waals surface area contributed by atoms with E-state index in [0.717, 1.165) is 22.2 Å². The Bertz CT molecular complexity index is 2730. The Morgan fingerprint density at radius 1 is 0.378 bits per heavy atom. The zero-order valence-corrected chi connectivity index (χ0v) is 24.1. The van der Waals surface area contributed by atoms with Gasteiger partial charge in [-0.25, -0.2) is 0 Å². The van der Waals surface area contributed by atoms with Crippen LogP contribution < -0.4 is 0 Å². The third kappa shape index (κ3) is 3.24. The van der Waals surface area contributed by atoms with Crippen molar-refractivity contribution in [1.82, 2.24) is 4.57 Å². The minimum atomic E-state index is -0.0545. The summed E-state index contributed by atoms with van der Waals surface area (Å²) in [6.45, 7) is 0. The summed E-state index contributed by atoms with van der Waals surface area (Å²) in [7, 11) is 0. The Morgan fingerprint density at radius 3 is 1.64 bits per heavy atom. The van der Waals surface area contributed by atoms with Gasteiger partial charge >= 0.3 is 0 Å². The fourth-order valence-electron chi connectivity index (χ4n) is 7.69. The summed E-state index contributed by atoms with van der Waals surface area (Å²) in [5.74, 6) is -0.108. The van der Waals surface area contributed by atoms with Gasteiger partial charge in [0, 0.05) is 27.2 Å². The van der Waals surface area contributed by atoms with Crippen LogP contribution in [-0.2, 0) is 0 Å². The van der Waals surface area contributed by atoms with Crippen LogP contribution in [0.5, 0.6) is 11.5 Å². The van der Waals surface area contributed by atoms with Gasteiger partial charge in [0.05, 0.1) is 11.0 Å². The molecule has 45 heavy (non-hydrogen) atoms. The van der Waals surface area contributed by atoms with Crippen LogP contribution in [0.3, 0.4) is 0 Å². The van der Waals surface area contributed by atoms with Gasteiger partial charge in [-0.3, -0.25) is 0 Å². The zero-order chi connectivity index (χ0) is 29.8. The van der Waals surface area contributed by atoms with Crippen LogP contribution in [0.1, 0.15) is 0 Å². The van der Waals surface area contributed by atoms with E-state index in [9.17, 15) is 10.2 Å². The summed E-state index contributed by atoms with van der Waals surface area (Å²) < 4.78 is 2.37. The molecule has 1 heterocycles. The maximum atomic E-state index is 10.7. The minimum absolute atomic E-state index is 0.0539. The molecule has 11 rings (SSSR count). The summed E-state index contributed by atoms with van der Waals surface area (Å²) in [4.78, 5) is 0. The van der Waals surface area contributed by atoms with E-state index in [-0.39, 0.29) is 11.5 Å². The highest BCUT2D eigenvalue weighted by molar-refractivity contribution is 6.28. The van der Waals surface area contributed by atoms with Crippen LogP contribution in [0.4, 0.5) is 0 Å². The molecule has 0 spiro atoms. The molecule has 0 aliphatic carbocycles. The number of rotatable bonds is 3. The molecular weight excluding hydrogens is 550 g/mol. The summed E-state index contributed by atoms with van der Waals surface area (Å²) in [6.07, 6.45) is 0. The number of para-hydroxylation sites is 2. The molecule has 3 heteroatoms. The SMILES string of the molecule is Oc1c(O)c2ccc1cc2-c1ccc2ccc3c(-c4cccc(-n5c6ccccc6c6ccccc65)c4)ccc4ccc1c2c43. The molecule has 2 N–H and O–H groups in total. The monoisotopic (exact) mass is 575 g/mol. The van der Waals surface area contributed by atoms with E-state index in [1.165, 1.54) is 59.9 Å². The van der Waals surface area contributed by atoms with Gasteiger partial charge in [0.25, 0.3) is 0 Å². The number of phenolic OH excluding ortho intramolecular Hbond substituents is 2. The molecular formula is C42H25NO2. The summed E-state index contributed by atoms with van der Waals surface area (Å²) in [6, 6.07) is 49.5. The molecule has 0 aliphatic heterocycles. The summed E-state index contributed by atoms with van der Waals surface area (Å²) >= 11 is 0. The Kier molecular flexibility index (Phi) is 4.74. The number of aromatic nitrogens is 1. The van der Waals surface area contributed by atoms with Gasteiger partial charge in [-0.2, -0.15) is 0 Å². The van der Waals surface area contributed by atoms with E-state index in [4.69, 9.17) is 0 Å². The smallest absolute Gasteiger partial charge is 0.166 e. The maximum absolute atomic E-state index is 10.7. The highest BCUT2D eigenvalue weighted by Crippen LogP contribution is 2.47. The second-order valence-electron chi connectivity index (χ2n) is 12.0. The van der Waals surface area contributed by atoms with Gasteiger partial charge in [0.2, 0.25) is 0 Å². The lowest BCUT2D eigenvalue weighted by Gasteiger charge is -2.18. The van der Waals surface area contributed by atoms with Crippen molar-refractivity contribution in [2.24, 2.45) is 0 Å². The number of benzene rings is 10. The van der Waals surface area contributed by atoms with E-state index < -0.39 is 0 Å². The van der Waals surface area contributed by atoms with Crippen molar-refractivity contribution in [1.29, 1.82) is 0 Å². The molecule has 11 aromatic rings. The maximum Gasteiger partial charge on any atom is 0.166 e. The lowest BCUT2D eigenvalue weighted by Crippen LogP contribution is -1.94. The molecule has 210 valence electrons. The molecule has 0 fully saturated rings. The van der Waals surface area contributed by atoms with Crippen LogP contribution in [0.25, 0.3) is 92.8 Å². The average Bonchev–Trinajstić information content (AvgIpc) is 3.43. The van der Waals surface area contributed by atoms with E-state index >= 15 is 0 Å². The number of nitrogens with zero attached hydrogens (tertiary/aromatic N) is 1. The highest BCUT2D eigenvalue weighted by Gasteiger charge is 2.19. The second-order valence-corrected chi connectivity index (χ2v) is 12.0. The number of phenols is 4. The van der Waals surface area contributed by atoms with Crippen molar-refractivity contribution in [3.8, 4) is 39.4 Å². The number of hydrogen-bond donors (Lipinski definition) is 2. The molecule has 0 aliphatic rings. The lowest BCUT2D eigenvalue weighted by molar-refractivity contribution is 0.411.